The third kappa shape index (κ3) is 7.62. The van der Waals surface area contributed by atoms with Crippen molar-refractivity contribution < 1.29 is 29.0 Å². The van der Waals surface area contributed by atoms with Crippen LogP contribution in [0.15, 0.2) is 91.0 Å². The SMILES string of the molecule is CC(C)C[C@H](NC(=O)OCc1ccccc1)C(=O)N[C@@H](C(=O)N1C(=O)N(C)[C@H](C)[C@@H]1c1ccccc1)[C@@H](O)c1ccccc1. The summed E-state index contributed by atoms with van der Waals surface area (Å²) < 4.78 is 5.34. The second-order valence-corrected chi connectivity index (χ2v) is 11.4. The standard InChI is InChI=1S/C34H40N4O6/c1-22(2)20-27(35-33(42)44-21-24-14-8-5-9-15-24)31(40)36-28(30(39)26-18-12-7-13-19-26)32(41)38-29(23(3)37(4)34(38)43)25-16-10-6-11-17-25/h5-19,22-23,27-30,39H,20-21H2,1-4H3,(H,35,42)(H,36,40)/t23-,27+,28-,29-,30+/m1/s1. The highest BCUT2D eigenvalue weighted by atomic mass is 16.5. The molecule has 5 atom stereocenters. The van der Waals surface area contributed by atoms with Crippen molar-refractivity contribution in [3.05, 3.63) is 108 Å². The molecule has 3 aromatic rings. The largest absolute Gasteiger partial charge is 0.445 e. The number of ether oxygens (including phenoxy) is 1. The number of aliphatic hydroxyl groups is 1. The summed E-state index contributed by atoms with van der Waals surface area (Å²) in [7, 11) is 1.61. The molecule has 1 aliphatic heterocycles. The maximum atomic E-state index is 14.3. The number of rotatable bonds is 11. The van der Waals surface area contributed by atoms with Crippen molar-refractivity contribution in [2.75, 3.05) is 7.05 Å². The number of urea groups is 1. The topological polar surface area (TPSA) is 128 Å². The minimum Gasteiger partial charge on any atom is -0.445 e. The molecule has 3 aromatic carbocycles. The third-order valence-electron chi connectivity index (χ3n) is 7.78. The van der Waals surface area contributed by atoms with E-state index in [9.17, 15) is 24.3 Å². The molecule has 0 aliphatic carbocycles. The zero-order chi connectivity index (χ0) is 31.8. The summed E-state index contributed by atoms with van der Waals surface area (Å²) in [6.07, 6.45) is -2.04. The van der Waals surface area contributed by atoms with E-state index in [4.69, 9.17) is 4.74 Å². The van der Waals surface area contributed by atoms with Crippen LogP contribution in [0.3, 0.4) is 0 Å². The number of likely N-dealkylation sites (N-methyl/N-ethyl adjacent to an activating group) is 1. The van der Waals surface area contributed by atoms with E-state index < -0.39 is 48.2 Å². The Morgan fingerprint density at radius 2 is 1.45 bits per heavy atom. The number of nitrogens with one attached hydrogen (secondary N) is 2. The molecule has 44 heavy (non-hydrogen) atoms. The van der Waals surface area contributed by atoms with Crippen molar-refractivity contribution in [3.8, 4) is 0 Å². The molecule has 232 valence electrons. The van der Waals surface area contributed by atoms with Gasteiger partial charge in [-0.25, -0.2) is 9.59 Å². The maximum Gasteiger partial charge on any atom is 0.408 e. The van der Waals surface area contributed by atoms with Crippen LogP contribution in [0.1, 0.15) is 56.0 Å². The third-order valence-corrected chi connectivity index (χ3v) is 7.78. The average molecular weight is 601 g/mol. The van der Waals surface area contributed by atoms with E-state index in [1.165, 1.54) is 4.90 Å². The van der Waals surface area contributed by atoms with Crippen molar-refractivity contribution in [2.24, 2.45) is 5.92 Å². The predicted molar refractivity (Wildman–Crippen MR) is 165 cm³/mol. The number of hydrogen-bond acceptors (Lipinski definition) is 6. The second-order valence-electron chi connectivity index (χ2n) is 11.4. The van der Waals surface area contributed by atoms with Gasteiger partial charge < -0.3 is 25.4 Å². The van der Waals surface area contributed by atoms with E-state index in [0.717, 1.165) is 16.0 Å². The predicted octanol–water partition coefficient (Wildman–Crippen LogP) is 4.57. The summed E-state index contributed by atoms with van der Waals surface area (Å²) in [5, 5.41) is 16.8. The van der Waals surface area contributed by atoms with E-state index in [-0.39, 0.29) is 25.0 Å². The Bertz CT molecular complexity index is 1420. The highest BCUT2D eigenvalue weighted by Gasteiger charge is 2.49. The number of carbonyl (C=O) groups excluding carboxylic acids is 4. The lowest BCUT2D eigenvalue weighted by molar-refractivity contribution is -0.139. The monoisotopic (exact) mass is 600 g/mol. The van der Waals surface area contributed by atoms with Crippen LogP contribution in [-0.2, 0) is 20.9 Å². The van der Waals surface area contributed by atoms with Crippen molar-refractivity contribution in [1.29, 1.82) is 0 Å². The number of carbonyl (C=O) groups is 4. The molecule has 1 heterocycles. The maximum absolute atomic E-state index is 14.3. The first-order valence-corrected chi connectivity index (χ1v) is 14.7. The van der Waals surface area contributed by atoms with Crippen molar-refractivity contribution in [2.45, 2.75) is 64.1 Å². The summed E-state index contributed by atoms with van der Waals surface area (Å²) in [6, 6.07) is 22.6. The molecule has 1 aliphatic rings. The minimum absolute atomic E-state index is 0.00880. The van der Waals surface area contributed by atoms with Gasteiger partial charge in [0.2, 0.25) is 5.91 Å². The van der Waals surface area contributed by atoms with Crippen LogP contribution in [0.25, 0.3) is 0 Å². The van der Waals surface area contributed by atoms with E-state index in [0.29, 0.717) is 5.56 Å². The molecule has 5 amide bonds. The zero-order valence-electron chi connectivity index (χ0n) is 25.4. The molecule has 10 heteroatoms. The summed E-state index contributed by atoms with van der Waals surface area (Å²) in [6.45, 7) is 5.64. The summed E-state index contributed by atoms with van der Waals surface area (Å²) >= 11 is 0. The van der Waals surface area contributed by atoms with Gasteiger partial charge in [0, 0.05) is 7.05 Å². The fourth-order valence-corrected chi connectivity index (χ4v) is 5.33. The molecular weight excluding hydrogens is 560 g/mol. The lowest BCUT2D eigenvalue weighted by atomic mass is 9.96. The quantitative estimate of drug-likeness (QED) is 0.296. The highest BCUT2D eigenvalue weighted by Crippen LogP contribution is 2.36. The second kappa shape index (κ2) is 14.7. The number of benzene rings is 3. The number of nitrogens with zero attached hydrogens (tertiary/aromatic N) is 2. The van der Waals surface area contributed by atoms with Gasteiger partial charge in [-0.2, -0.15) is 0 Å². The van der Waals surface area contributed by atoms with E-state index in [1.807, 2.05) is 81.4 Å². The number of imide groups is 1. The summed E-state index contributed by atoms with van der Waals surface area (Å²) in [5.41, 5.74) is 1.91. The van der Waals surface area contributed by atoms with E-state index in [1.54, 1.807) is 37.4 Å². The van der Waals surface area contributed by atoms with Gasteiger partial charge >= 0.3 is 12.1 Å². The van der Waals surface area contributed by atoms with Gasteiger partial charge in [-0.3, -0.25) is 14.5 Å². The van der Waals surface area contributed by atoms with Crippen molar-refractivity contribution in [3.63, 3.8) is 0 Å². The fourth-order valence-electron chi connectivity index (χ4n) is 5.33. The molecule has 0 aromatic heterocycles. The lowest BCUT2D eigenvalue weighted by Gasteiger charge is -2.31. The normalized spacial score (nSPS) is 18.5. The Labute approximate surface area is 258 Å². The van der Waals surface area contributed by atoms with Gasteiger partial charge in [-0.1, -0.05) is 105 Å². The first-order valence-electron chi connectivity index (χ1n) is 14.7. The van der Waals surface area contributed by atoms with Crippen LogP contribution >= 0.6 is 0 Å². The highest BCUT2D eigenvalue weighted by molar-refractivity contribution is 6.01. The Kier molecular flexibility index (Phi) is 10.7. The van der Waals surface area contributed by atoms with Gasteiger partial charge in [0.05, 0.1) is 12.1 Å². The first-order chi connectivity index (χ1) is 21.1. The van der Waals surface area contributed by atoms with Crippen molar-refractivity contribution >= 4 is 23.9 Å². The van der Waals surface area contributed by atoms with Crippen LogP contribution in [0.5, 0.6) is 0 Å². The molecule has 3 N–H and O–H groups in total. The summed E-state index contributed by atoms with van der Waals surface area (Å²) in [5.74, 6) is -1.46. The first kappa shape index (κ1) is 32.2. The van der Waals surface area contributed by atoms with Crippen LogP contribution in [-0.4, -0.2) is 64.0 Å². The number of hydrogen-bond donors (Lipinski definition) is 3. The minimum atomic E-state index is -1.53. The number of amides is 5. The van der Waals surface area contributed by atoms with Crippen LogP contribution < -0.4 is 10.6 Å². The van der Waals surface area contributed by atoms with Gasteiger partial charge in [0.25, 0.3) is 5.91 Å². The molecule has 1 fully saturated rings. The lowest BCUT2D eigenvalue weighted by Crippen LogP contribution is -2.57. The summed E-state index contributed by atoms with van der Waals surface area (Å²) in [4.78, 5) is 56.8. The molecular formula is C34H40N4O6. The number of aliphatic hydroxyl groups excluding tert-OH is 1. The van der Waals surface area contributed by atoms with Gasteiger partial charge in [-0.05, 0) is 36.0 Å². The van der Waals surface area contributed by atoms with Gasteiger partial charge in [0.1, 0.15) is 24.8 Å². The molecule has 4 rings (SSSR count). The van der Waals surface area contributed by atoms with Gasteiger partial charge in [0.15, 0.2) is 0 Å². The Balaban J connectivity index is 1.61. The molecule has 0 unspecified atom stereocenters. The average Bonchev–Trinajstić information content (AvgIpc) is 3.26. The molecule has 10 nitrogen and oxygen atoms in total. The van der Waals surface area contributed by atoms with E-state index in [2.05, 4.69) is 10.6 Å². The van der Waals surface area contributed by atoms with Crippen LogP contribution in [0.4, 0.5) is 9.59 Å². The Hall–Kier alpha value is -4.70. The molecule has 0 bridgehead atoms. The van der Waals surface area contributed by atoms with Gasteiger partial charge in [-0.15, -0.1) is 0 Å². The van der Waals surface area contributed by atoms with Crippen molar-refractivity contribution in [1.82, 2.24) is 20.4 Å². The molecule has 0 radical (unpaired) electrons. The van der Waals surface area contributed by atoms with E-state index >= 15 is 0 Å². The molecule has 1 saturated heterocycles. The Morgan fingerprint density at radius 3 is 2.05 bits per heavy atom. The molecule has 0 saturated carbocycles. The fraction of sp³-hybridized carbons (Fsp3) is 0.353. The van der Waals surface area contributed by atoms with Crippen LogP contribution in [0.2, 0.25) is 0 Å². The Morgan fingerprint density at radius 1 is 0.886 bits per heavy atom. The smallest absolute Gasteiger partial charge is 0.408 e. The molecule has 0 spiro atoms. The number of alkyl carbamates (subject to hydrolysis) is 1. The van der Waals surface area contributed by atoms with Crippen LogP contribution in [0, 0.1) is 5.92 Å². The zero-order valence-corrected chi connectivity index (χ0v) is 25.4.